The summed E-state index contributed by atoms with van der Waals surface area (Å²) in [6.07, 6.45) is 5.30. The third-order valence-corrected chi connectivity index (χ3v) is 4.73. The Balaban J connectivity index is 1.93. The lowest BCUT2D eigenvalue weighted by Crippen LogP contribution is -2.24. The molecule has 2 N–H and O–H groups in total. The minimum atomic E-state index is -4.45. The van der Waals surface area contributed by atoms with Crippen molar-refractivity contribution >= 4 is 18.6 Å². The number of phosphoric acid groups is 1. The number of phosphoric ester groups is 1. The molecule has 0 saturated heterocycles. The molecule has 0 spiro atoms. The number of fused-ring (bicyclic) bond motifs is 1. The fourth-order valence-electron chi connectivity index (χ4n) is 2.88. The first-order valence-electron chi connectivity index (χ1n) is 9.42. The lowest BCUT2D eigenvalue weighted by atomic mass is 10.1. The van der Waals surface area contributed by atoms with Gasteiger partial charge in [-0.1, -0.05) is 62.6 Å². The van der Waals surface area contributed by atoms with E-state index in [0.717, 1.165) is 35.8 Å². The molecule has 7 heteroatoms. The van der Waals surface area contributed by atoms with Gasteiger partial charge in [-0.3, -0.25) is 4.52 Å². The molecule has 1 unspecified atom stereocenters. The number of unbranched alkanes of at least 4 members (excludes halogenated alkanes) is 3. The topological polar surface area (TPSA) is 85.2 Å². The molecule has 0 radical (unpaired) electrons. The van der Waals surface area contributed by atoms with Gasteiger partial charge < -0.3 is 19.3 Å². The number of hydrogen-bond acceptors (Lipinski definition) is 4. The van der Waals surface area contributed by atoms with Crippen LogP contribution in [0.1, 0.15) is 39.0 Å². The summed E-state index contributed by atoms with van der Waals surface area (Å²) < 4.78 is 26.9. The van der Waals surface area contributed by atoms with Gasteiger partial charge >= 0.3 is 7.82 Å². The van der Waals surface area contributed by atoms with E-state index in [1.54, 1.807) is 0 Å². The predicted molar refractivity (Wildman–Crippen MR) is 106 cm³/mol. The van der Waals surface area contributed by atoms with Crippen LogP contribution in [0.15, 0.2) is 42.5 Å². The van der Waals surface area contributed by atoms with Crippen LogP contribution in [-0.4, -0.2) is 35.7 Å². The van der Waals surface area contributed by atoms with E-state index in [0.29, 0.717) is 6.61 Å². The van der Waals surface area contributed by atoms with Gasteiger partial charge in [0.05, 0.1) is 19.8 Å². The van der Waals surface area contributed by atoms with Gasteiger partial charge in [0.1, 0.15) is 11.9 Å². The van der Waals surface area contributed by atoms with E-state index in [2.05, 4.69) is 11.4 Å². The second kappa shape index (κ2) is 11.4. The molecule has 0 aliphatic rings. The maximum atomic E-state index is 10.7. The summed E-state index contributed by atoms with van der Waals surface area (Å²) in [5.41, 5.74) is 0. The molecule has 0 aromatic heterocycles. The highest BCUT2D eigenvalue weighted by molar-refractivity contribution is 7.46. The van der Waals surface area contributed by atoms with Crippen molar-refractivity contribution in [3.63, 3.8) is 0 Å². The number of benzene rings is 2. The summed E-state index contributed by atoms with van der Waals surface area (Å²) in [5, 5.41) is 2.18. The molecule has 6 nitrogen and oxygen atoms in total. The quantitative estimate of drug-likeness (QED) is 0.378. The minimum absolute atomic E-state index is 0.107. The second-order valence-corrected chi connectivity index (χ2v) is 7.70. The van der Waals surface area contributed by atoms with Crippen LogP contribution in [-0.2, 0) is 13.8 Å². The minimum Gasteiger partial charge on any atom is -0.487 e. The van der Waals surface area contributed by atoms with Crippen molar-refractivity contribution in [2.24, 2.45) is 0 Å². The van der Waals surface area contributed by atoms with Crippen LogP contribution >= 0.6 is 7.82 Å². The van der Waals surface area contributed by atoms with Gasteiger partial charge in [0.2, 0.25) is 0 Å². The van der Waals surface area contributed by atoms with Crippen LogP contribution in [0.25, 0.3) is 10.8 Å². The first-order chi connectivity index (χ1) is 13.0. The standard InChI is InChI=1S/C20H29O6P/c1-2-3-4-5-11-18(16-24-14-15-25-27(21,22)23)26-20-13-8-10-17-9-6-7-12-19(17)20/h6-10,12-13,18H,2-5,11,14-16H2,1H3,(H2,21,22,23). The van der Waals surface area contributed by atoms with Crippen molar-refractivity contribution in [2.75, 3.05) is 19.8 Å². The number of hydrogen-bond donors (Lipinski definition) is 2. The molecule has 0 aliphatic heterocycles. The number of rotatable bonds is 13. The molecule has 0 fully saturated rings. The van der Waals surface area contributed by atoms with Crippen LogP contribution in [0.5, 0.6) is 5.75 Å². The Bertz CT molecular complexity index is 724. The van der Waals surface area contributed by atoms with Crippen LogP contribution in [0.4, 0.5) is 0 Å². The Labute approximate surface area is 160 Å². The Morgan fingerprint density at radius 1 is 1.00 bits per heavy atom. The van der Waals surface area contributed by atoms with Gasteiger partial charge in [-0.15, -0.1) is 0 Å². The average molecular weight is 396 g/mol. The summed E-state index contributed by atoms with van der Waals surface area (Å²) in [7, 11) is -4.45. The van der Waals surface area contributed by atoms with Crippen molar-refractivity contribution in [3.8, 4) is 5.75 Å². The maximum absolute atomic E-state index is 10.7. The molecule has 2 aromatic carbocycles. The highest BCUT2D eigenvalue weighted by atomic mass is 31.2. The highest BCUT2D eigenvalue weighted by Gasteiger charge is 2.15. The monoisotopic (exact) mass is 396 g/mol. The normalized spacial score (nSPS) is 13.0. The van der Waals surface area contributed by atoms with Crippen LogP contribution in [0.3, 0.4) is 0 Å². The summed E-state index contributed by atoms with van der Waals surface area (Å²) in [6.45, 7) is 2.48. The maximum Gasteiger partial charge on any atom is 0.469 e. The van der Waals surface area contributed by atoms with E-state index >= 15 is 0 Å². The Kier molecular flexibility index (Phi) is 9.25. The Morgan fingerprint density at radius 3 is 2.56 bits per heavy atom. The molecular weight excluding hydrogens is 367 g/mol. The SMILES string of the molecule is CCCCCCC(COCCOP(=O)(O)O)Oc1cccc2ccccc12. The highest BCUT2D eigenvalue weighted by Crippen LogP contribution is 2.35. The van der Waals surface area contributed by atoms with Crippen molar-refractivity contribution in [3.05, 3.63) is 42.5 Å². The van der Waals surface area contributed by atoms with Crippen LogP contribution in [0, 0.1) is 0 Å². The van der Waals surface area contributed by atoms with Crippen molar-refractivity contribution < 1.29 is 28.3 Å². The van der Waals surface area contributed by atoms with E-state index < -0.39 is 7.82 Å². The van der Waals surface area contributed by atoms with E-state index in [4.69, 9.17) is 19.3 Å². The molecule has 150 valence electrons. The molecule has 0 amide bonds. The summed E-state index contributed by atoms with van der Waals surface area (Å²) >= 11 is 0. The molecule has 0 heterocycles. The third kappa shape index (κ3) is 8.41. The first kappa shape index (κ1) is 21.9. The molecule has 2 aromatic rings. The Morgan fingerprint density at radius 2 is 1.78 bits per heavy atom. The summed E-state index contributed by atoms with van der Waals surface area (Å²) in [5.74, 6) is 0.823. The fourth-order valence-corrected chi connectivity index (χ4v) is 3.20. The fraction of sp³-hybridized carbons (Fsp3) is 0.500. The van der Waals surface area contributed by atoms with Gasteiger partial charge in [-0.05, 0) is 24.3 Å². The zero-order valence-electron chi connectivity index (χ0n) is 15.8. The first-order valence-corrected chi connectivity index (χ1v) is 10.9. The van der Waals surface area contributed by atoms with Gasteiger partial charge in [-0.2, -0.15) is 0 Å². The van der Waals surface area contributed by atoms with Gasteiger partial charge in [-0.25, -0.2) is 4.57 Å². The molecular formula is C20H29O6P. The molecule has 0 aliphatic carbocycles. The third-order valence-electron chi connectivity index (χ3n) is 4.21. The summed E-state index contributed by atoms with van der Waals surface area (Å²) in [6, 6.07) is 14.1. The van der Waals surface area contributed by atoms with E-state index in [1.165, 1.54) is 12.8 Å². The molecule has 1 atom stereocenters. The molecule has 0 bridgehead atoms. The molecule has 2 rings (SSSR count). The smallest absolute Gasteiger partial charge is 0.469 e. The zero-order valence-corrected chi connectivity index (χ0v) is 16.6. The van der Waals surface area contributed by atoms with E-state index in [1.807, 2.05) is 42.5 Å². The lowest BCUT2D eigenvalue weighted by Gasteiger charge is -2.20. The zero-order chi connectivity index (χ0) is 19.5. The van der Waals surface area contributed by atoms with Gasteiger partial charge in [0.15, 0.2) is 0 Å². The van der Waals surface area contributed by atoms with Crippen molar-refractivity contribution in [2.45, 2.75) is 45.1 Å². The molecule has 27 heavy (non-hydrogen) atoms. The summed E-state index contributed by atoms with van der Waals surface area (Å²) in [4.78, 5) is 17.4. The predicted octanol–water partition coefficient (Wildman–Crippen LogP) is 4.68. The Hall–Kier alpha value is -1.43. The van der Waals surface area contributed by atoms with Crippen molar-refractivity contribution in [1.82, 2.24) is 0 Å². The van der Waals surface area contributed by atoms with Crippen LogP contribution < -0.4 is 4.74 Å². The largest absolute Gasteiger partial charge is 0.487 e. The van der Waals surface area contributed by atoms with E-state index in [9.17, 15) is 4.57 Å². The average Bonchev–Trinajstić information content (AvgIpc) is 2.64. The van der Waals surface area contributed by atoms with Gasteiger partial charge in [0, 0.05) is 5.39 Å². The van der Waals surface area contributed by atoms with Crippen LogP contribution in [0.2, 0.25) is 0 Å². The molecule has 0 saturated carbocycles. The van der Waals surface area contributed by atoms with E-state index in [-0.39, 0.29) is 19.3 Å². The number of ether oxygens (including phenoxy) is 2. The lowest BCUT2D eigenvalue weighted by molar-refractivity contribution is 0.0278. The van der Waals surface area contributed by atoms with Crippen molar-refractivity contribution in [1.29, 1.82) is 0 Å². The second-order valence-electron chi connectivity index (χ2n) is 6.47. The van der Waals surface area contributed by atoms with Gasteiger partial charge in [0.25, 0.3) is 0 Å².